The Morgan fingerprint density at radius 2 is 2.30 bits per heavy atom. The molecule has 6 nitrogen and oxygen atoms in total. The molecule has 23 heavy (non-hydrogen) atoms. The van der Waals surface area contributed by atoms with E-state index in [0.717, 1.165) is 29.3 Å². The van der Waals surface area contributed by atoms with Crippen LogP contribution in [0.5, 0.6) is 0 Å². The largest absolute Gasteiger partial charge is 0.290 e. The highest BCUT2D eigenvalue weighted by Crippen LogP contribution is 2.32. The van der Waals surface area contributed by atoms with Gasteiger partial charge >= 0.3 is 0 Å². The lowest BCUT2D eigenvalue weighted by Gasteiger charge is -2.23. The van der Waals surface area contributed by atoms with E-state index in [1.807, 2.05) is 30.2 Å². The van der Waals surface area contributed by atoms with Gasteiger partial charge in [-0.3, -0.25) is 18.8 Å². The molecule has 120 valence electrons. The lowest BCUT2D eigenvalue weighted by Crippen LogP contribution is -2.25. The Kier molecular flexibility index (Phi) is 3.54. The fraction of sp³-hybridized carbons (Fsp3) is 0.438. The normalized spacial score (nSPS) is 19.0. The summed E-state index contributed by atoms with van der Waals surface area (Å²) in [6, 6.07) is 2.04. The zero-order valence-electron chi connectivity index (χ0n) is 13.3. The van der Waals surface area contributed by atoms with E-state index in [1.54, 1.807) is 10.5 Å². The van der Waals surface area contributed by atoms with Crippen LogP contribution in [0.4, 0.5) is 0 Å². The van der Waals surface area contributed by atoms with E-state index < -0.39 is 0 Å². The molecule has 0 unspecified atom stereocenters. The lowest BCUT2D eigenvalue weighted by atomic mass is 10.1. The van der Waals surface area contributed by atoms with Gasteiger partial charge in [0.05, 0.1) is 11.9 Å². The van der Waals surface area contributed by atoms with E-state index in [0.29, 0.717) is 12.6 Å². The van der Waals surface area contributed by atoms with Crippen LogP contribution in [-0.4, -0.2) is 30.6 Å². The predicted molar refractivity (Wildman–Crippen MR) is 89.7 cm³/mol. The minimum atomic E-state index is 0.0147. The van der Waals surface area contributed by atoms with Gasteiger partial charge in [-0.2, -0.15) is 5.10 Å². The molecule has 0 aromatic carbocycles. The molecule has 0 amide bonds. The number of nitrogens with zero attached hydrogens (tertiary/aromatic N) is 5. The highest BCUT2D eigenvalue weighted by Gasteiger charge is 2.27. The zero-order valence-corrected chi connectivity index (χ0v) is 14.1. The molecule has 1 aliphatic rings. The molecule has 0 spiro atoms. The van der Waals surface area contributed by atoms with Gasteiger partial charge in [-0.15, -0.1) is 11.3 Å². The molecular weight excluding hydrogens is 310 g/mol. The van der Waals surface area contributed by atoms with Crippen molar-refractivity contribution in [2.75, 3.05) is 6.54 Å². The molecule has 7 heteroatoms. The lowest BCUT2D eigenvalue weighted by molar-refractivity contribution is 0.245. The van der Waals surface area contributed by atoms with Crippen molar-refractivity contribution < 1.29 is 0 Å². The number of aromatic nitrogens is 4. The van der Waals surface area contributed by atoms with Gasteiger partial charge in [-0.1, -0.05) is 0 Å². The monoisotopic (exact) mass is 329 g/mol. The SMILES string of the molecule is Cc1csc2nc(CN3CCC[C@H]3c3cnn(C)c3)cc(=O)n12. The van der Waals surface area contributed by atoms with Crippen molar-refractivity contribution in [3.63, 3.8) is 0 Å². The Balaban J connectivity index is 1.63. The topological polar surface area (TPSA) is 55.4 Å². The molecule has 4 heterocycles. The minimum Gasteiger partial charge on any atom is -0.290 e. The van der Waals surface area contributed by atoms with Crippen molar-refractivity contribution in [3.8, 4) is 0 Å². The summed E-state index contributed by atoms with van der Waals surface area (Å²) in [5, 5.41) is 6.26. The molecule has 1 fully saturated rings. The summed E-state index contributed by atoms with van der Waals surface area (Å²) in [5.41, 5.74) is 3.06. The number of hydrogen-bond donors (Lipinski definition) is 0. The molecule has 0 aliphatic carbocycles. The summed E-state index contributed by atoms with van der Waals surface area (Å²) in [7, 11) is 1.94. The molecule has 3 aromatic heterocycles. The molecule has 1 atom stereocenters. The molecule has 1 saturated heterocycles. The zero-order chi connectivity index (χ0) is 16.0. The minimum absolute atomic E-state index is 0.0147. The Bertz CT molecular complexity index is 909. The van der Waals surface area contributed by atoms with Gasteiger partial charge in [-0.25, -0.2) is 4.98 Å². The second-order valence-electron chi connectivity index (χ2n) is 6.16. The fourth-order valence-electron chi connectivity index (χ4n) is 3.40. The third-order valence-corrected chi connectivity index (χ3v) is 5.41. The molecule has 4 rings (SSSR count). The first kappa shape index (κ1) is 14.6. The molecule has 0 N–H and O–H groups in total. The van der Waals surface area contributed by atoms with E-state index in [2.05, 4.69) is 21.2 Å². The van der Waals surface area contributed by atoms with E-state index in [-0.39, 0.29) is 5.56 Å². The Labute approximate surface area is 138 Å². The Morgan fingerprint density at radius 3 is 3.09 bits per heavy atom. The molecule has 1 aliphatic heterocycles. The first-order chi connectivity index (χ1) is 11.1. The third-order valence-electron chi connectivity index (χ3n) is 4.47. The maximum absolute atomic E-state index is 12.3. The van der Waals surface area contributed by atoms with E-state index >= 15 is 0 Å². The fourth-order valence-corrected chi connectivity index (χ4v) is 4.29. The highest BCUT2D eigenvalue weighted by molar-refractivity contribution is 7.15. The van der Waals surface area contributed by atoms with Gasteiger partial charge in [0.1, 0.15) is 0 Å². The van der Waals surface area contributed by atoms with E-state index in [9.17, 15) is 4.79 Å². The number of aryl methyl sites for hydroxylation is 2. The van der Waals surface area contributed by atoms with Crippen LogP contribution in [-0.2, 0) is 13.6 Å². The predicted octanol–water partition coefficient (Wildman–Crippen LogP) is 2.14. The first-order valence-corrected chi connectivity index (χ1v) is 8.69. The van der Waals surface area contributed by atoms with Crippen molar-refractivity contribution in [1.29, 1.82) is 0 Å². The van der Waals surface area contributed by atoms with Crippen LogP contribution < -0.4 is 5.56 Å². The quantitative estimate of drug-likeness (QED) is 0.739. The second-order valence-corrected chi connectivity index (χ2v) is 6.99. The number of thiazole rings is 1. The van der Waals surface area contributed by atoms with Gasteiger partial charge in [0.15, 0.2) is 4.96 Å². The average molecular weight is 329 g/mol. The van der Waals surface area contributed by atoms with Gasteiger partial charge in [0.25, 0.3) is 5.56 Å². The summed E-state index contributed by atoms with van der Waals surface area (Å²) in [4.78, 5) is 20.2. The van der Waals surface area contributed by atoms with Gasteiger partial charge in [0, 0.05) is 48.5 Å². The maximum atomic E-state index is 12.3. The summed E-state index contributed by atoms with van der Waals surface area (Å²) < 4.78 is 3.52. The van der Waals surface area contributed by atoms with E-state index in [1.165, 1.54) is 23.3 Å². The molecule has 0 saturated carbocycles. The third kappa shape index (κ3) is 2.60. The van der Waals surface area contributed by atoms with Crippen LogP contribution in [0.25, 0.3) is 4.96 Å². The van der Waals surface area contributed by atoms with Crippen LogP contribution in [0.1, 0.15) is 35.8 Å². The Morgan fingerprint density at radius 1 is 1.43 bits per heavy atom. The molecule has 0 bridgehead atoms. The number of hydrogen-bond acceptors (Lipinski definition) is 5. The van der Waals surface area contributed by atoms with Crippen molar-refractivity contribution in [3.05, 3.63) is 51.1 Å². The van der Waals surface area contributed by atoms with Crippen LogP contribution in [0.2, 0.25) is 0 Å². The van der Waals surface area contributed by atoms with E-state index in [4.69, 9.17) is 0 Å². The summed E-state index contributed by atoms with van der Waals surface area (Å²) >= 11 is 1.52. The van der Waals surface area contributed by atoms with Gasteiger partial charge in [0.2, 0.25) is 0 Å². The highest BCUT2D eigenvalue weighted by atomic mass is 32.1. The molecule has 0 radical (unpaired) electrons. The van der Waals surface area contributed by atoms with Gasteiger partial charge in [-0.05, 0) is 26.3 Å². The summed E-state index contributed by atoms with van der Waals surface area (Å²) in [6.45, 7) is 3.68. The van der Waals surface area contributed by atoms with Crippen molar-refractivity contribution in [2.45, 2.75) is 32.4 Å². The number of fused-ring (bicyclic) bond motifs is 1. The molecular formula is C16H19N5OS. The van der Waals surface area contributed by atoms with Crippen LogP contribution in [0, 0.1) is 6.92 Å². The van der Waals surface area contributed by atoms with Crippen molar-refractivity contribution in [1.82, 2.24) is 24.1 Å². The summed E-state index contributed by atoms with van der Waals surface area (Å²) in [6.07, 6.45) is 6.32. The summed E-state index contributed by atoms with van der Waals surface area (Å²) in [5.74, 6) is 0. The standard InChI is InChI=1S/C16H19N5OS/c1-11-10-23-16-18-13(6-15(22)21(11)16)9-20-5-3-4-14(20)12-7-17-19(2)8-12/h6-8,10,14H,3-5,9H2,1-2H3/t14-/m0/s1. The number of likely N-dealkylation sites (tertiary alicyclic amines) is 1. The number of rotatable bonds is 3. The van der Waals surface area contributed by atoms with Gasteiger partial charge < -0.3 is 0 Å². The average Bonchev–Trinajstić information content (AvgIpc) is 3.20. The van der Waals surface area contributed by atoms with Crippen LogP contribution >= 0.6 is 11.3 Å². The second kappa shape index (κ2) is 5.58. The van der Waals surface area contributed by atoms with Crippen LogP contribution in [0.3, 0.4) is 0 Å². The Hall–Kier alpha value is -1.99. The van der Waals surface area contributed by atoms with Crippen molar-refractivity contribution in [2.24, 2.45) is 7.05 Å². The van der Waals surface area contributed by atoms with Crippen LogP contribution in [0.15, 0.2) is 28.6 Å². The molecule has 3 aromatic rings. The maximum Gasteiger partial charge on any atom is 0.259 e. The van der Waals surface area contributed by atoms with Crippen molar-refractivity contribution >= 4 is 16.3 Å². The first-order valence-electron chi connectivity index (χ1n) is 7.81. The smallest absolute Gasteiger partial charge is 0.259 e.